The molecule has 0 fully saturated rings. The van der Waals surface area contributed by atoms with Crippen LogP contribution in [0.25, 0.3) is 9.21 Å². The lowest BCUT2D eigenvalue weighted by Gasteiger charge is -1.91. The third-order valence-corrected chi connectivity index (χ3v) is 1.26. The van der Waals surface area contributed by atoms with Gasteiger partial charge < -0.3 is 9.93 Å². The Hall–Kier alpha value is -0.890. The second kappa shape index (κ2) is 1.71. The highest BCUT2D eigenvalue weighted by molar-refractivity contribution is 8.19. The Morgan fingerprint density at radius 1 is 1.86 bits per heavy atom. The van der Waals surface area contributed by atoms with Crippen LogP contribution in [0.2, 0.25) is 0 Å². The van der Waals surface area contributed by atoms with Crippen molar-refractivity contribution in [2.75, 3.05) is 0 Å². The maximum absolute atomic E-state index is 8.00. The van der Waals surface area contributed by atoms with Crippen LogP contribution in [0.15, 0.2) is 5.10 Å². The second-order valence-electron chi connectivity index (χ2n) is 0.856. The van der Waals surface area contributed by atoms with Crippen molar-refractivity contribution in [3.8, 4) is 0 Å². The number of rotatable bonds is 0. The van der Waals surface area contributed by atoms with Crippen LogP contribution in [0.5, 0.6) is 0 Å². The van der Waals surface area contributed by atoms with Crippen molar-refractivity contribution in [1.82, 2.24) is 0 Å². The van der Waals surface area contributed by atoms with Crippen LogP contribution in [-0.4, -0.2) is 11.6 Å². The van der Waals surface area contributed by atoms with Crippen LogP contribution in [0, 0.1) is 5.39 Å². The number of nitrogens with zero attached hydrogens (tertiary/aromatic N) is 4. The van der Waals surface area contributed by atoms with E-state index in [0.717, 1.165) is 0 Å². The molecule has 0 saturated heterocycles. The van der Waals surface area contributed by atoms with Crippen molar-refractivity contribution < 1.29 is 0 Å². The lowest BCUT2D eigenvalue weighted by atomic mass is 10.9. The van der Waals surface area contributed by atoms with E-state index in [0.29, 0.717) is 0 Å². The van der Waals surface area contributed by atoms with E-state index in [-0.39, 0.29) is 0 Å². The normalized spacial score (nSPS) is 25.3. The van der Waals surface area contributed by atoms with Gasteiger partial charge >= 0.3 is 0 Å². The van der Waals surface area contributed by atoms with E-state index < -0.39 is 10.9 Å². The van der Waals surface area contributed by atoms with E-state index in [2.05, 4.69) is 14.3 Å². The molecule has 1 aliphatic heterocycles. The van der Waals surface area contributed by atoms with Gasteiger partial charge in [0.15, 0.2) is 4.38 Å². The van der Waals surface area contributed by atoms with Gasteiger partial charge in [0.05, 0.1) is 0 Å². The van der Waals surface area contributed by atoms with Crippen LogP contribution in [0.4, 0.5) is 0 Å². The Bertz CT molecular complexity index is 163. The Morgan fingerprint density at radius 2 is 2.71 bits per heavy atom. The average Bonchev–Trinajstić information content (AvgIpc) is 2.14. The first-order valence-corrected chi connectivity index (χ1v) is 2.79. The lowest BCUT2D eigenvalue weighted by molar-refractivity contribution is 1.52. The minimum Gasteiger partial charge on any atom is -0.478 e. The maximum Gasteiger partial charge on any atom is 0.230 e. The van der Waals surface area contributed by atoms with Crippen molar-refractivity contribution in [2.45, 2.75) is 0 Å². The van der Waals surface area contributed by atoms with Gasteiger partial charge in [-0.05, 0) is 0 Å². The van der Waals surface area contributed by atoms with E-state index in [9.17, 15) is 0 Å². The minimum atomic E-state index is -0.676. The molecule has 7 heavy (non-hydrogen) atoms. The van der Waals surface area contributed by atoms with Crippen molar-refractivity contribution >= 4 is 22.4 Å². The van der Waals surface area contributed by atoms with Crippen molar-refractivity contribution in [1.29, 1.82) is 5.39 Å². The molecule has 0 N–H and O–H groups in total. The summed E-state index contributed by atoms with van der Waals surface area (Å²) < 4.78 is 2.87. The molecule has 4 nitrogen and oxygen atoms in total. The molecule has 0 aliphatic carbocycles. The van der Waals surface area contributed by atoms with E-state index in [1.54, 1.807) is 5.37 Å². The van der Waals surface area contributed by atoms with Gasteiger partial charge in [0.2, 0.25) is 16.2 Å². The summed E-state index contributed by atoms with van der Waals surface area (Å²) in [5, 5.41) is 13.0. The summed E-state index contributed by atoms with van der Waals surface area (Å²) >= 11 is 0. The lowest BCUT2D eigenvalue weighted by Crippen LogP contribution is -1.58. The van der Waals surface area contributed by atoms with Gasteiger partial charge in [-0.2, -0.15) is 0 Å². The predicted molar refractivity (Wildman–Crippen MR) is 30.6 cm³/mol. The molecule has 0 radical (unpaired) electrons. The summed E-state index contributed by atoms with van der Waals surface area (Å²) in [5.74, 6) is 0. The fourth-order valence-electron chi connectivity index (χ4n) is 0.228. The predicted octanol–water partition coefficient (Wildman–Crippen LogP) is 1.11. The first-order chi connectivity index (χ1) is 3.43. The molecule has 1 aliphatic rings. The topological polar surface area (TPSA) is 54.6 Å². The Labute approximate surface area is 43.0 Å². The molecule has 0 aromatic rings. The molecule has 1 unspecified atom stereocenters. The van der Waals surface area contributed by atoms with Gasteiger partial charge in [-0.1, -0.05) is 0 Å². The van der Waals surface area contributed by atoms with Gasteiger partial charge in [0.25, 0.3) is 0 Å². The van der Waals surface area contributed by atoms with Gasteiger partial charge in [0.1, 0.15) is 0 Å². The van der Waals surface area contributed by atoms with Gasteiger partial charge in [-0.3, -0.25) is 0 Å². The van der Waals surface area contributed by atoms with Gasteiger partial charge in [0, 0.05) is 11.6 Å². The SMILES string of the molecule is N#[N+]S1=CC=N[N-]1. The van der Waals surface area contributed by atoms with Crippen molar-refractivity contribution in [3.05, 3.63) is 9.21 Å². The van der Waals surface area contributed by atoms with E-state index >= 15 is 0 Å². The maximum atomic E-state index is 8.00. The standard InChI is InChI=1S/C2H2N4S/c3-5-7-2-1-4-6-7/h1-2H. The number of hydrogen-bond acceptors (Lipinski definition) is 2. The fraction of sp³-hybridized carbons (Fsp3) is 0. The molecule has 1 atom stereocenters. The van der Waals surface area contributed by atoms with Crippen molar-refractivity contribution in [3.63, 3.8) is 0 Å². The number of hydrogen-bond donors (Lipinski definition) is 0. The molecule has 0 aromatic heterocycles. The molecule has 0 aromatic carbocycles. The average molecular weight is 114 g/mol. The van der Waals surface area contributed by atoms with Crippen molar-refractivity contribution in [2.24, 2.45) is 5.10 Å². The molecule has 0 spiro atoms. The fourth-order valence-corrected chi connectivity index (χ4v) is 0.684. The van der Waals surface area contributed by atoms with Crippen LogP contribution in [0.3, 0.4) is 0 Å². The quantitative estimate of drug-likeness (QED) is 0.344. The smallest absolute Gasteiger partial charge is 0.230 e. The first kappa shape index (κ1) is 4.27. The van der Waals surface area contributed by atoms with Crippen LogP contribution < -0.4 is 0 Å². The monoisotopic (exact) mass is 114 g/mol. The second-order valence-corrected chi connectivity index (χ2v) is 2.04. The zero-order valence-electron chi connectivity index (χ0n) is 3.35. The third-order valence-electron chi connectivity index (χ3n) is 0.464. The van der Waals surface area contributed by atoms with Crippen LogP contribution in [-0.2, 0) is 0 Å². The molecule has 1 heterocycles. The first-order valence-electron chi connectivity index (χ1n) is 1.59. The Kier molecular flexibility index (Phi) is 1.04. The zero-order chi connectivity index (χ0) is 5.11. The van der Waals surface area contributed by atoms with Crippen LogP contribution >= 0.6 is 10.9 Å². The molecule has 5 heteroatoms. The number of diazo groups is 1. The van der Waals surface area contributed by atoms with Gasteiger partial charge in [-0.15, -0.1) is 0 Å². The van der Waals surface area contributed by atoms with E-state index in [4.69, 9.17) is 5.39 Å². The van der Waals surface area contributed by atoms with E-state index in [1.165, 1.54) is 6.21 Å². The summed E-state index contributed by atoms with van der Waals surface area (Å²) in [5.41, 5.74) is 0. The molecule has 0 saturated carbocycles. The summed E-state index contributed by atoms with van der Waals surface area (Å²) in [4.78, 5) is 3.48. The molecule has 36 valence electrons. The molecule has 0 bridgehead atoms. The highest BCUT2D eigenvalue weighted by Gasteiger charge is 1.91. The largest absolute Gasteiger partial charge is 0.478 e. The molecule has 1 rings (SSSR count). The summed E-state index contributed by atoms with van der Waals surface area (Å²) in [6, 6.07) is 0. The summed E-state index contributed by atoms with van der Waals surface area (Å²) in [7, 11) is -0.676. The highest BCUT2D eigenvalue weighted by atomic mass is 32.2. The van der Waals surface area contributed by atoms with E-state index in [1.807, 2.05) is 0 Å². The highest BCUT2D eigenvalue weighted by Crippen LogP contribution is 2.24. The third kappa shape index (κ3) is 0.751. The molecular formula is C2H2N4S. The molecular weight excluding hydrogens is 112 g/mol. The zero-order valence-corrected chi connectivity index (χ0v) is 4.17. The van der Waals surface area contributed by atoms with Gasteiger partial charge in [-0.25, -0.2) is 0 Å². The summed E-state index contributed by atoms with van der Waals surface area (Å²) in [6.45, 7) is 0. The minimum absolute atomic E-state index is 0.676. The molecule has 0 amide bonds. The Morgan fingerprint density at radius 3 is 3.00 bits per heavy atom. The Balaban J connectivity index is 2.67. The van der Waals surface area contributed by atoms with Crippen LogP contribution in [0.1, 0.15) is 0 Å². The summed E-state index contributed by atoms with van der Waals surface area (Å²) in [6.07, 6.45) is 1.50.